The van der Waals surface area contributed by atoms with Crippen LogP contribution in [0.4, 0.5) is 13.2 Å². The van der Waals surface area contributed by atoms with E-state index in [1.807, 2.05) is 0 Å². The molecule has 0 amide bonds. The van der Waals surface area contributed by atoms with E-state index in [2.05, 4.69) is 10.1 Å². The molecular weight excluding hydrogens is 319 g/mol. The highest BCUT2D eigenvalue weighted by Gasteiger charge is 2.29. The summed E-state index contributed by atoms with van der Waals surface area (Å²) in [6.07, 6.45) is 0.450. The van der Waals surface area contributed by atoms with Gasteiger partial charge in [0.15, 0.2) is 5.82 Å². The number of hydrogen-bond acceptors (Lipinski definition) is 2. The number of hydrogen-bond donors (Lipinski definition) is 1. The van der Waals surface area contributed by atoms with Crippen molar-refractivity contribution in [3.05, 3.63) is 81.9 Å². The quantitative estimate of drug-likeness (QED) is 0.795. The van der Waals surface area contributed by atoms with E-state index in [1.165, 1.54) is 22.9 Å². The third-order valence-electron chi connectivity index (χ3n) is 3.31. The van der Waals surface area contributed by atoms with Gasteiger partial charge in [0.05, 0.1) is 11.3 Å². The monoisotopic (exact) mass is 331 g/mol. The average Bonchev–Trinajstić information content (AvgIpc) is 2.94. The van der Waals surface area contributed by atoms with Crippen molar-refractivity contribution in [1.29, 1.82) is 0 Å². The molecule has 0 saturated heterocycles. The molecule has 1 aromatic carbocycles. The molecular formula is C17H12F3N3O. The van der Waals surface area contributed by atoms with E-state index in [-0.39, 0.29) is 5.56 Å². The van der Waals surface area contributed by atoms with Crippen molar-refractivity contribution in [3.63, 3.8) is 0 Å². The predicted molar refractivity (Wildman–Crippen MR) is 84.6 cm³/mol. The van der Waals surface area contributed by atoms with Gasteiger partial charge in [0.1, 0.15) is 0 Å². The minimum Gasteiger partial charge on any atom is -0.289 e. The maximum absolute atomic E-state index is 12.5. The van der Waals surface area contributed by atoms with E-state index in [9.17, 15) is 18.0 Å². The molecule has 24 heavy (non-hydrogen) atoms. The zero-order chi connectivity index (χ0) is 17.2. The second kappa shape index (κ2) is 6.19. The van der Waals surface area contributed by atoms with Crippen molar-refractivity contribution >= 4 is 12.2 Å². The lowest BCUT2D eigenvalue weighted by Gasteiger charge is -2.05. The van der Waals surface area contributed by atoms with Crippen LogP contribution in [0.1, 0.15) is 16.8 Å². The maximum Gasteiger partial charge on any atom is 0.416 e. The summed E-state index contributed by atoms with van der Waals surface area (Å²) < 4.78 is 38.8. The molecule has 1 N–H and O–H groups in total. The molecule has 0 atom stereocenters. The fourth-order valence-electron chi connectivity index (χ4n) is 2.12. The number of rotatable bonds is 3. The Morgan fingerprint density at radius 1 is 1.04 bits per heavy atom. The lowest BCUT2D eigenvalue weighted by atomic mass is 10.1. The van der Waals surface area contributed by atoms with Crippen molar-refractivity contribution in [1.82, 2.24) is 14.8 Å². The summed E-state index contributed by atoms with van der Waals surface area (Å²) in [6.45, 7) is 0. The molecule has 3 rings (SSSR count). The minimum absolute atomic E-state index is 0.277. The van der Waals surface area contributed by atoms with Gasteiger partial charge < -0.3 is 0 Å². The van der Waals surface area contributed by atoms with Gasteiger partial charge in [0.2, 0.25) is 0 Å². The fourth-order valence-corrected chi connectivity index (χ4v) is 2.12. The summed E-state index contributed by atoms with van der Waals surface area (Å²) in [5, 5.41) is 2.88. The normalized spacial score (nSPS) is 12.0. The van der Waals surface area contributed by atoms with Gasteiger partial charge in [0, 0.05) is 12.3 Å². The maximum atomic E-state index is 12.5. The van der Waals surface area contributed by atoms with Crippen LogP contribution in [-0.2, 0) is 6.18 Å². The molecule has 4 nitrogen and oxygen atoms in total. The zero-order valence-corrected chi connectivity index (χ0v) is 12.3. The van der Waals surface area contributed by atoms with Crippen LogP contribution in [0.3, 0.4) is 0 Å². The lowest BCUT2D eigenvalue weighted by Crippen LogP contribution is -2.14. The number of nitrogens with one attached hydrogen (secondary N) is 1. The van der Waals surface area contributed by atoms with Crippen LogP contribution in [-0.4, -0.2) is 14.8 Å². The third kappa shape index (κ3) is 3.45. The van der Waals surface area contributed by atoms with Crippen molar-refractivity contribution in [3.8, 4) is 5.82 Å². The minimum atomic E-state index is -4.35. The van der Waals surface area contributed by atoms with Crippen molar-refractivity contribution < 1.29 is 13.2 Å². The van der Waals surface area contributed by atoms with E-state index < -0.39 is 11.7 Å². The number of benzene rings is 1. The van der Waals surface area contributed by atoms with Crippen LogP contribution in [0.2, 0.25) is 0 Å². The van der Waals surface area contributed by atoms with Crippen LogP contribution in [0.15, 0.2) is 59.5 Å². The highest BCUT2D eigenvalue weighted by atomic mass is 19.4. The molecule has 7 heteroatoms. The highest BCUT2D eigenvalue weighted by Crippen LogP contribution is 2.29. The van der Waals surface area contributed by atoms with Gasteiger partial charge in [0.25, 0.3) is 5.56 Å². The number of pyridine rings is 1. The molecule has 0 aliphatic heterocycles. The van der Waals surface area contributed by atoms with Gasteiger partial charge in [-0.15, -0.1) is 0 Å². The molecule has 2 heterocycles. The summed E-state index contributed by atoms with van der Waals surface area (Å²) in [7, 11) is 0. The molecule has 0 spiro atoms. The molecule has 0 aliphatic rings. The Balaban J connectivity index is 1.82. The Kier molecular flexibility index (Phi) is 4.07. The first-order valence-corrected chi connectivity index (χ1v) is 7.02. The van der Waals surface area contributed by atoms with Crippen LogP contribution in [0.25, 0.3) is 18.0 Å². The third-order valence-corrected chi connectivity index (χ3v) is 3.31. The molecule has 3 aromatic rings. The number of H-pyrrole nitrogens is 1. The van der Waals surface area contributed by atoms with E-state index in [4.69, 9.17) is 0 Å². The molecule has 0 unspecified atom stereocenters. The Labute approximate surface area is 134 Å². The second-order valence-corrected chi connectivity index (χ2v) is 5.03. The molecule has 0 bridgehead atoms. The Hall–Kier alpha value is -3.09. The zero-order valence-electron chi connectivity index (χ0n) is 12.3. The van der Waals surface area contributed by atoms with Crippen LogP contribution < -0.4 is 5.56 Å². The van der Waals surface area contributed by atoms with E-state index in [1.54, 1.807) is 36.5 Å². The smallest absolute Gasteiger partial charge is 0.289 e. The predicted octanol–water partition coefficient (Wildman–Crippen LogP) is 3.75. The second-order valence-electron chi connectivity index (χ2n) is 5.03. The lowest BCUT2D eigenvalue weighted by molar-refractivity contribution is -0.137. The van der Waals surface area contributed by atoms with Crippen molar-refractivity contribution in [2.75, 3.05) is 0 Å². The summed E-state index contributed by atoms with van der Waals surface area (Å²) in [5.74, 6) is 0.455. The van der Waals surface area contributed by atoms with E-state index in [0.717, 1.165) is 12.1 Å². The molecule has 0 saturated carbocycles. The standard InChI is InChI=1S/C17H12F3N3O/c18-17(19,20)13-7-4-12(5-8-13)6-9-14-11-16(24)23(22-14)15-3-1-2-10-21-15/h1-11,22H/b9-6+. The number of aromatic nitrogens is 3. The van der Waals surface area contributed by atoms with Gasteiger partial charge in [-0.3, -0.25) is 9.89 Å². The van der Waals surface area contributed by atoms with Crippen molar-refractivity contribution in [2.24, 2.45) is 0 Å². The van der Waals surface area contributed by atoms with Gasteiger partial charge >= 0.3 is 6.18 Å². The molecule has 0 fully saturated rings. The Morgan fingerprint density at radius 2 is 1.79 bits per heavy atom. The van der Waals surface area contributed by atoms with Crippen LogP contribution in [0.5, 0.6) is 0 Å². The molecule has 0 radical (unpaired) electrons. The fraction of sp³-hybridized carbons (Fsp3) is 0.0588. The SMILES string of the molecule is O=c1cc(/C=C/c2ccc(C(F)(F)F)cc2)[nH]n1-c1ccccn1. The summed E-state index contributed by atoms with van der Waals surface area (Å²) in [5.41, 5.74) is 0.134. The first-order valence-electron chi connectivity index (χ1n) is 7.02. The number of alkyl halides is 3. The summed E-state index contributed by atoms with van der Waals surface area (Å²) >= 11 is 0. The van der Waals surface area contributed by atoms with Crippen LogP contribution >= 0.6 is 0 Å². The van der Waals surface area contributed by atoms with Crippen molar-refractivity contribution in [2.45, 2.75) is 6.18 Å². The van der Waals surface area contributed by atoms with E-state index >= 15 is 0 Å². The summed E-state index contributed by atoms with van der Waals surface area (Å²) in [4.78, 5) is 16.0. The number of halogens is 3. The van der Waals surface area contributed by atoms with Gasteiger partial charge in [-0.25, -0.2) is 9.67 Å². The Bertz CT molecular complexity index is 907. The summed E-state index contributed by atoms with van der Waals surface area (Å²) in [6, 6.07) is 11.3. The molecule has 0 aliphatic carbocycles. The molecule has 2 aromatic heterocycles. The highest BCUT2D eigenvalue weighted by molar-refractivity contribution is 5.68. The topological polar surface area (TPSA) is 50.7 Å². The van der Waals surface area contributed by atoms with Gasteiger partial charge in [-0.1, -0.05) is 24.3 Å². The largest absolute Gasteiger partial charge is 0.416 e. The first kappa shape index (κ1) is 15.8. The average molecular weight is 331 g/mol. The van der Waals surface area contributed by atoms with E-state index in [0.29, 0.717) is 17.1 Å². The van der Waals surface area contributed by atoms with Crippen LogP contribution in [0, 0.1) is 0 Å². The Morgan fingerprint density at radius 3 is 2.42 bits per heavy atom. The first-order chi connectivity index (χ1) is 11.4. The number of nitrogens with zero attached hydrogens (tertiary/aromatic N) is 2. The molecule has 122 valence electrons. The van der Waals surface area contributed by atoms with Gasteiger partial charge in [-0.05, 0) is 35.9 Å². The number of aromatic amines is 1. The van der Waals surface area contributed by atoms with Gasteiger partial charge in [-0.2, -0.15) is 13.2 Å².